The number of nitrogens with one attached hydrogen (secondary N) is 2. The topological polar surface area (TPSA) is 87.7 Å². The zero-order valence-corrected chi connectivity index (χ0v) is 11.5. The van der Waals surface area contributed by atoms with Crippen LogP contribution in [0.2, 0.25) is 0 Å². The molecule has 6 nitrogen and oxygen atoms in total. The van der Waals surface area contributed by atoms with Gasteiger partial charge in [0.1, 0.15) is 0 Å². The van der Waals surface area contributed by atoms with Crippen LogP contribution in [-0.4, -0.2) is 23.7 Å². The highest BCUT2D eigenvalue weighted by Crippen LogP contribution is 2.25. The Bertz CT molecular complexity index is 439. The molecule has 0 fully saturated rings. The Hall–Kier alpha value is -1.12. The number of hydroxylamine groups is 1. The molecule has 0 aliphatic carbocycles. The lowest BCUT2D eigenvalue weighted by atomic mass is 10.3. The summed E-state index contributed by atoms with van der Waals surface area (Å²) in [5, 5.41) is 10.8. The molecule has 1 aromatic rings. The summed E-state index contributed by atoms with van der Waals surface area (Å²) < 4.78 is 1.54. The molecular formula is C9H8Br2N2O4. The molecule has 0 aromatic heterocycles. The molecular weight excluding hydrogens is 360 g/mol. The number of urea groups is 1. The normalized spacial score (nSPS) is 9.76. The second-order valence-electron chi connectivity index (χ2n) is 2.86. The average molecular weight is 368 g/mol. The Morgan fingerprint density at radius 3 is 2.65 bits per heavy atom. The van der Waals surface area contributed by atoms with Crippen LogP contribution in [0.1, 0.15) is 0 Å². The van der Waals surface area contributed by atoms with Gasteiger partial charge in [-0.15, -0.1) is 0 Å². The van der Waals surface area contributed by atoms with E-state index >= 15 is 0 Å². The molecule has 0 aliphatic heterocycles. The van der Waals surface area contributed by atoms with Crippen LogP contribution in [0.3, 0.4) is 0 Å². The van der Waals surface area contributed by atoms with Gasteiger partial charge in [-0.1, -0.05) is 15.9 Å². The van der Waals surface area contributed by atoms with Gasteiger partial charge in [0.25, 0.3) is 0 Å². The quantitative estimate of drug-likeness (QED) is 0.713. The first-order valence-electron chi connectivity index (χ1n) is 4.34. The van der Waals surface area contributed by atoms with Gasteiger partial charge in [0.2, 0.25) is 0 Å². The van der Waals surface area contributed by atoms with Crippen molar-refractivity contribution in [1.29, 1.82) is 0 Å². The minimum atomic E-state index is -1.17. The van der Waals surface area contributed by atoms with Crippen molar-refractivity contribution in [3.05, 3.63) is 27.1 Å². The molecule has 0 bridgehead atoms. The highest BCUT2D eigenvalue weighted by Gasteiger charge is 2.06. The number of carbonyl (C=O) groups is 2. The number of aliphatic carboxylic acids is 1. The molecule has 0 heterocycles. The highest BCUT2D eigenvalue weighted by molar-refractivity contribution is 9.11. The maximum Gasteiger partial charge on any atom is 0.343 e. The minimum absolute atomic E-state index is 0.532. The first-order valence-corrected chi connectivity index (χ1v) is 5.93. The number of anilines is 1. The van der Waals surface area contributed by atoms with Gasteiger partial charge in [-0.3, -0.25) is 4.84 Å². The molecule has 0 saturated carbocycles. The molecule has 92 valence electrons. The summed E-state index contributed by atoms with van der Waals surface area (Å²) in [5.41, 5.74) is 2.47. The van der Waals surface area contributed by atoms with E-state index in [4.69, 9.17) is 5.11 Å². The summed E-state index contributed by atoms with van der Waals surface area (Å²) in [6.45, 7) is -0.602. The van der Waals surface area contributed by atoms with E-state index < -0.39 is 18.6 Å². The number of hydrogen-bond acceptors (Lipinski definition) is 3. The van der Waals surface area contributed by atoms with Crippen LogP contribution in [-0.2, 0) is 9.63 Å². The number of amides is 2. The molecule has 0 atom stereocenters. The lowest BCUT2D eigenvalue weighted by Gasteiger charge is -2.08. The first-order chi connectivity index (χ1) is 7.99. The van der Waals surface area contributed by atoms with Crippen molar-refractivity contribution >= 4 is 49.5 Å². The maximum atomic E-state index is 11.3. The van der Waals surface area contributed by atoms with Crippen molar-refractivity contribution in [3.8, 4) is 0 Å². The van der Waals surface area contributed by atoms with Crippen molar-refractivity contribution in [2.45, 2.75) is 0 Å². The average Bonchev–Trinajstić information content (AvgIpc) is 2.21. The molecule has 1 aromatic carbocycles. The van der Waals surface area contributed by atoms with Gasteiger partial charge >= 0.3 is 12.0 Å². The van der Waals surface area contributed by atoms with Crippen LogP contribution < -0.4 is 10.8 Å². The first kappa shape index (κ1) is 13.9. The van der Waals surface area contributed by atoms with Crippen molar-refractivity contribution < 1.29 is 19.5 Å². The number of hydrogen-bond donors (Lipinski definition) is 3. The van der Waals surface area contributed by atoms with Crippen LogP contribution in [0.5, 0.6) is 0 Å². The van der Waals surface area contributed by atoms with E-state index in [0.717, 1.165) is 4.47 Å². The maximum absolute atomic E-state index is 11.3. The van der Waals surface area contributed by atoms with Gasteiger partial charge in [-0.25, -0.2) is 15.1 Å². The predicted octanol–water partition coefficient (Wildman–Crippen LogP) is 2.35. The Labute approximate surface area is 114 Å². The second-order valence-corrected chi connectivity index (χ2v) is 4.63. The van der Waals surface area contributed by atoms with E-state index in [9.17, 15) is 9.59 Å². The molecule has 0 aliphatic rings. The molecule has 1 rings (SSSR count). The fraction of sp³-hybridized carbons (Fsp3) is 0.111. The van der Waals surface area contributed by atoms with E-state index in [0.29, 0.717) is 10.2 Å². The molecule has 3 N–H and O–H groups in total. The van der Waals surface area contributed by atoms with Crippen molar-refractivity contribution in [3.63, 3.8) is 0 Å². The van der Waals surface area contributed by atoms with Crippen molar-refractivity contribution in [2.24, 2.45) is 0 Å². The molecule has 2 amide bonds. The summed E-state index contributed by atoms with van der Waals surface area (Å²) in [5.74, 6) is -1.17. The number of benzene rings is 1. The Balaban J connectivity index is 2.48. The van der Waals surface area contributed by atoms with Gasteiger partial charge in [-0.05, 0) is 34.1 Å². The van der Waals surface area contributed by atoms with Crippen LogP contribution in [0.15, 0.2) is 27.1 Å². The van der Waals surface area contributed by atoms with E-state index in [1.165, 1.54) is 0 Å². The van der Waals surface area contributed by atoms with Crippen LogP contribution >= 0.6 is 31.9 Å². The monoisotopic (exact) mass is 366 g/mol. The largest absolute Gasteiger partial charge is 0.479 e. The Kier molecular flexibility index (Phi) is 5.39. The highest BCUT2D eigenvalue weighted by atomic mass is 79.9. The van der Waals surface area contributed by atoms with Crippen LogP contribution in [0.25, 0.3) is 0 Å². The SMILES string of the molecule is O=C(O)CONC(=O)Nc1ccc(Br)cc1Br. The fourth-order valence-corrected chi connectivity index (χ4v) is 2.05. The minimum Gasteiger partial charge on any atom is -0.479 e. The van der Waals surface area contributed by atoms with Crippen molar-refractivity contribution in [2.75, 3.05) is 11.9 Å². The van der Waals surface area contributed by atoms with E-state index in [1.54, 1.807) is 18.2 Å². The molecule has 0 unspecified atom stereocenters. The summed E-state index contributed by atoms with van der Waals surface area (Å²) in [4.78, 5) is 25.8. The van der Waals surface area contributed by atoms with E-state index in [2.05, 4.69) is 42.0 Å². The van der Waals surface area contributed by atoms with Gasteiger partial charge < -0.3 is 10.4 Å². The summed E-state index contributed by atoms with van der Waals surface area (Å²) in [7, 11) is 0. The van der Waals surface area contributed by atoms with E-state index in [-0.39, 0.29) is 0 Å². The third-order valence-corrected chi connectivity index (χ3v) is 2.69. The Morgan fingerprint density at radius 2 is 2.06 bits per heavy atom. The van der Waals surface area contributed by atoms with Gasteiger partial charge in [0.05, 0.1) is 5.69 Å². The predicted molar refractivity (Wildman–Crippen MR) is 67.6 cm³/mol. The zero-order chi connectivity index (χ0) is 12.8. The third-order valence-electron chi connectivity index (χ3n) is 1.54. The zero-order valence-electron chi connectivity index (χ0n) is 8.37. The lowest BCUT2D eigenvalue weighted by molar-refractivity contribution is -0.143. The van der Waals surface area contributed by atoms with Crippen LogP contribution in [0.4, 0.5) is 10.5 Å². The lowest BCUT2D eigenvalue weighted by Crippen LogP contribution is -2.30. The number of carbonyl (C=O) groups excluding carboxylic acids is 1. The molecule has 17 heavy (non-hydrogen) atoms. The molecule has 0 spiro atoms. The fourth-order valence-electron chi connectivity index (χ4n) is 0.902. The van der Waals surface area contributed by atoms with Crippen LogP contribution in [0, 0.1) is 0 Å². The van der Waals surface area contributed by atoms with Gasteiger partial charge in [0, 0.05) is 8.95 Å². The standard InChI is InChI=1S/C9H8Br2N2O4/c10-5-1-2-7(6(11)3-5)12-9(16)13-17-4-8(14)15/h1-3H,4H2,(H,14,15)(H2,12,13,16). The van der Waals surface area contributed by atoms with E-state index in [1.807, 2.05) is 5.48 Å². The van der Waals surface area contributed by atoms with Crippen molar-refractivity contribution in [1.82, 2.24) is 5.48 Å². The molecule has 0 radical (unpaired) electrons. The third kappa shape index (κ3) is 5.16. The summed E-state index contributed by atoms with van der Waals surface area (Å²) in [6, 6.07) is 4.52. The second kappa shape index (κ2) is 6.58. The summed E-state index contributed by atoms with van der Waals surface area (Å²) >= 11 is 6.53. The number of carboxylic acids is 1. The molecule has 8 heteroatoms. The van der Waals surface area contributed by atoms with Gasteiger partial charge in [0.15, 0.2) is 6.61 Å². The molecule has 0 saturated heterocycles. The Morgan fingerprint density at radius 1 is 1.35 bits per heavy atom. The summed E-state index contributed by atoms with van der Waals surface area (Å²) in [6.07, 6.45) is 0. The smallest absolute Gasteiger partial charge is 0.343 e. The number of carboxylic acid groups (broad SMARTS) is 1. The number of rotatable bonds is 4. The number of halogens is 2. The van der Waals surface area contributed by atoms with Gasteiger partial charge in [-0.2, -0.15) is 0 Å².